The Balaban J connectivity index is 0.973. The molecule has 2 aromatic carbocycles. The largest absolute Gasteiger partial charge is 0.496 e. The number of carboxylic acids is 2. The van der Waals surface area contributed by atoms with Gasteiger partial charge < -0.3 is 60.7 Å². The Morgan fingerprint density at radius 1 is 0.929 bits per heavy atom. The molecule has 9 rings (SSSR count). The summed E-state index contributed by atoms with van der Waals surface area (Å²) in [6.45, 7) is 7.86. The minimum absolute atomic E-state index is 0.0421. The Bertz CT molecular complexity index is 3070. The molecular weight excluding hydrogens is 1120 g/mol. The summed E-state index contributed by atoms with van der Waals surface area (Å²) in [5, 5.41) is 61.0. The van der Waals surface area contributed by atoms with Crippen LogP contribution in [0, 0.1) is 23.2 Å². The van der Waals surface area contributed by atoms with Crippen LogP contribution in [0.5, 0.6) is 5.75 Å². The second-order valence-corrected chi connectivity index (χ2v) is 26.3. The number of aliphatic carboxylic acids is 2. The number of hydrogen-bond acceptors (Lipinski definition) is 19. The van der Waals surface area contributed by atoms with Crippen LogP contribution in [0.3, 0.4) is 0 Å². The number of carbonyl (C=O) groups excluding carboxylic acids is 5. The summed E-state index contributed by atoms with van der Waals surface area (Å²) >= 11 is 0. The van der Waals surface area contributed by atoms with Crippen molar-refractivity contribution in [2.45, 2.75) is 125 Å². The number of aromatic nitrogens is 1. The minimum atomic E-state index is -2.63. The number of hydrogen-bond donors (Lipinski definition) is 10. The quantitative estimate of drug-likeness (QED) is 0.0227. The van der Waals surface area contributed by atoms with Gasteiger partial charge in [0.1, 0.15) is 23.9 Å². The third kappa shape index (κ3) is 10.7. The van der Waals surface area contributed by atoms with Crippen LogP contribution in [0.25, 0.3) is 10.9 Å². The molecule has 84 heavy (non-hydrogen) atoms. The highest BCUT2D eigenvalue weighted by atomic mass is 33.1. The van der Waals surface area contributed by atoms with Crippen LogP contribution in [0.15, 0.2) is 48.6 Å². The molecule has 1 saturated carbocycles. The lowest BCUT2D eigenvalue weighted by Gasteiger charge is -2.63. The summed E-state index contributed by atoms with van der Waals surface area (Å²) in [7, 11) is 6.95. The molecule has 3 aromatic rings. The molecule has 2 saturated heterocycles. The number of esters is 1. The van der Waals surface area contributed by atoms with E-state index in [4.69, 9.17) is 25.1 Å². The van der Waals surface area contributed by atoms with E-state index >= 15 is 9.59 Å². The Morgan fingerprint density at radius 3 is 2.37 bits per heavy atom. The van der Waals surface area contributed by atoms with Crippen molar-refractivity contribution in [3.63, 3.8) is 0 Å². The number of carboxylic acid groups (broad SMARTS) is 2. The molecule has 23 nitrogen and oxygen atoms in total. The van der Waals surface area contributed by atoms with E-state index in [1.54, 1.807) is 21.1 Å². The maximum Gasteiger partial charge on any atom is 0.426 e. The molecule has 1 aliphatic carbocycles. The van der Waals surface area contributed by atoms with Crippen molar-refractivity contribution in [3.8, 4) is 5.75 Å². The minimum Gasteiger partial charge on any atom is -0.496 e. The number of amides is 3. The van der Waals surface area contributed by atoms with Crippen LogP contribution in [0.2, 0.25) is 0 Å². The molecule has 458 valence electrons. The molecule has 6 heterocycles. The van der Waals surface area contributed by atoms with Crippen LogP contribution in [0.1, 0.15) is 94.5 Å². The molecule has 3 amide bonds. The van der Waals surface area contributed by atoms with Crippen LogP contribution in [0.4, 0.5) is 10.5 Å². The number of nitrogens with one attached hydrogen (secondary N) is 4. The van der Waals surface area contributed by atoms with Gasteiger partial charge in [0.15, 0.2) is 11.4 Å². The van der Waals surface area contributed by atoms with E-state index in [9.17, 15) is 44.4 Å². The fraction of sp³-hybridized carbons (Fsp3) is 0.610. The smallest absolute Gasteiger partial charge is 0.426 e. The number of anilines is 1. The van der Waals surface area contributed by atoms with E-state index in [2.05, 4.69) is 31.0 Å². The van der Waals surface area contributed by atoms with Gasteiger partial charge in [-0.25, -0.2) is 10.2 Å². The number of likely N-dealkylation sites (N-methyl/N-ethyl adjacent to an activating group) is 1. The van der Waals surface area contributed by atoms with Crippen molar-refractivity contribution in [2.24, 2.45) is 28.9 Å². The number of nitrogens with zero attached hydrogens (tertiary/aromatic N) is 3. The van der Waals surface area contributed by atoms with E-state index in [1.165, 1.54) is 7.11 Å². The Morgan fingerprint density at radius 2 is 1.69 bits per heavy atom. The average Bonchev–Trinajstić information content (AvgIpc) is 1.44. The number of ketones is 1. The summed E-state index contributed by atoms with van der Waals surface area (Å²) in [6.07, 6.45) is 2.88. The van der Waals surface area contributed by atoms with Crippen molar-refractivity contribution in [1.82, 2.24) is 31.0 Å². The number of aliphatic hydroxyl groups excluding tert-OH is 1. The molecule has 0 radical (unpaired) electrons. The van der Waals surface area contributed by atoms with Crippen molar-refractivity contribution >= 4 is 79.8 Å². The number of carbonyl (C=O) groups is 7. The van der Waals surface area contributed by atoms with Gasteiger partial charge in [0.25, 0.3) is 5.91 Å². The highest BCUT2D eigenvalue weighted by molar-refractivity contribution is 8.76. The summed E-state index contributed by atoms with van der Waals surface area (Å²) in [5.74, 6) is -7.12. The zero-order valence-electron chi connectivity index (χ0n) is 48.4. The zero-order valence-corrected chi connectivity index (χ0v) is 50.1. The molecule has 5 aliphatic heterocycles. The number of rotatable bonds is 22. The fourth-order valence-corrected chi connectivity index (χ4v) is 17.6. The molecule has 1 unspecified atom stereocenters. The first-order valence-corrected chi connectivity index (χ1v) is 31.4. The lowest BCUT2D eigenvalue weighted by Crippen LogP contribution is -2.82. The van der Waals surface area contributed by atoms with Gasteiger partial charge >= 0.3 is 24.0 Å². The van der Waals surface area contributed by atoms with Crippen molar-refractivity contribution in [2.75, 3.05) is 83.5 Å². The maximum absolute atomic E-state index is 15.5. The number of methoxy groups -OCH3 is 2. The molecule has 11 N–H and O–H groups in total. The van der Waals surface area contributed by atoms with E-state index in [-0.39, 0.29) is 43.4 Å². The first-order valence-electron chi connectivity index (χ1n) is 28.9. The fourth-order valence-electron chi connectivity index (χ4n) is 15.4. The number of nitrogens with two attached hydrogens (primary N) is 1. The molecule has 25 heteroatoms. The van der Waals surface area contributed by atoms with Crippen LogP contribution in [-0.4, -0.2) is 196 Å². The first kappa shape index (κ1) is 62.6. The third-order valence-corrected chi connectivity index (χ3v) is 21.7. The van der Waals surface area contributed by atoms with Crippen molar-refractivity contribution in [1.29, 1.82) is 0 Å². The van der Waals surface area contributed by atoms with Gasteiger partial charge in [0, 0.05) is 114 Å². The normalized spacial score (nSPS) is 30.4. The van der Waals surface area contributed by atoms with Crippen LogP contribution >= 0.6 is 21.6 Å². The van der Waals surface area contributed by atoms with Gasteiger partial charge in [-0.2, -0.15) is 0 Å². The number of hydrazine groups is 1. The number of fused-ring (bicyclic) bond motifs is 6. The number of H-pyrrole nitrogens is 1. The Kier molecular flexibility index (Phi) is 18.5. The highest BCUT2D eigenvalue weighted by Crippen LogP contribution is 2.67. The standard InChI is InChI=1S/C59H80N8O15S2/c1-7-34(24-45(69)70)47(71)62-41(29-60)43(68)23-35(48(72)73)31-84-83-22-21-82-54(77)64-63-52(75)59(79)50-57(17-20-67-18-12-16-56(9-3,49(57)67)51(59)74)38-25-39(44(80-5)26-42(38)65(50)4)58(53(76)81-6)28-33-27-55(78,8-2)32-66(30-33)19-15-37-36-13-10-11-14-40(36)61-46(37)58/h10-14,16,25-26,33-35,41,49-51,61,74,78-79H,7-9,15,17-24,27-32,60H2,1-6H3,(H,62,71)(H,63,75)(H,64,77)(H,69,70)(H,72,73)/t33-,34+,35+,41+,49+,50-,51-,55+,56-,57-,58+,59+/m1/s1. The lowest BCUT2D eigenvalue weighted by molar-refractivity contribution is -0.204. The molecular formula is C59H80N8O15S2. The van der Waals surface area contributed by atoms with Crippen LogP contribution in [-0.2, 0) is 55.5 Å². The zero-order chi connectivity index (χ0) is 60.7. The maximum atomic E-state index is 15.5. The van der Waals surface area contributed by atoms with Gasteiger partial charge in [0.2, 0.25) is 5.91 Å². The number of Topliss-reactive ketones (excluding diaryl/α,β-unsaturated/α-hetero) is 1. The van der Waals surface area contributed by atoms with Crippen molar-refractivity contribution < 1.29 is 73.3 Å². The Labute approximate surface area is 495 Å². The molecule has 1 aromatic heterocycles. The molecule has 3 fully saturated rings. The SMILES string of the molecule is CC[C@@H](CC(=O)O)C(=O)N[C@@H](CN)C(=O)C[C@@H](CSSCCOC(=O)NNC(=O)[C@@]1(O)[C@H](O)[C@]2(CC)C=CCN3CC[C@@]4(c5cc([C@@]6(C(=O)OC)C[C@@H]7CN(CCc8c6[nH]c6ccccc86)C[C@](O)(CC)C7)c(OC)cc5N(C)[C@@H]14)[C@@H]32)C(=O)O. The summed E-state index contributed by atoms with van der Waals surface area (Å²) in [4.78, 5) is 103. The third-order valence-electron chi connectivity index (χ3n) is 19.3. The van der Waals surface area contributed by atoms with Gasteiger partial charge in [-0.3, -0.25) is 44.0 Å². The molecule has 6 aliphatic rings. The van der Waals surface area contributed by atoms with Gasteiger partial charge in [-0.15, -0.1) is 0 Å². The predicted molar refractivity (Wildman–Crippen MR) is 314 cm³/mol. The van der Waals surface area contributed by atoms with Gasteiger partial charge in [-0.1, -0.05) is 72.7 Å². The second kappa shape index (κ2) is 24.8. The van der Waals surface area contributed by atoms with Crippen molar-refractivity contribution in [3.05, 3.63) is 70.9 Å². The van der Waals surface area contributed by atoms with E-state index in [0.717, 1.165) is 43.6 Å². The monoisotopic (exact) mass is 1200 g/mol. The van der Waals surface area contributed by atoms with E-state index in [1.807, 2.05) is 67.3 Å². The topological polar surface area (TPSA) is 336 Å². The van der Waals surface area contributed by atoms with E-state index in [0.29, 0.717) is 87.5 Å². The molecule has 13 atom stereocenters. The van der Waals surface area contributed by atoms with Gasteiger partial charge in [-0.05, 0) is 80.7 Å². The van der Waals surface area contributed by atoms with E-state index < -0.39 is 118 Å². The average molecular weight is 1210 g/mol. The number of benzene rings is 2. The predicted octanol–water partition coefficient (Wildman–Crippen LogP) is 2.99. The summed E-state index contributed by atoms with van der Waals surface area (Å²) < 4.78 is 17.7. The first-order chi connectivity index (χ1) is 40.1. The Hall–Kier alpha value is -5.93. The summed E-state index contributed by atoms with van der Waals surface area (Å²) in [5.41, 5.74) is 7.25. The number of piperidine rings is 1. The second-order valence-electron chi connectivity index (χ2n) is 23.7. The molecule has 1 spiro atoms. The molecule has 2 bridgehead atoms. The number of ether oxygens (including phenoxy) is 3. The van der Waals surface area contributed by atoms with Crippen LogP contribution < -0.4 is 31.5 Å². The number of aliphatic hydroxyl groups is 3. The number of aromatic amines is 1. The van der Waals surface area contributed by atoms with Gasteiger partial charge in [0.05, 0.1) is 44.2 Å². The number of para-hydroxylation sites is 1. The highest BCUT2D eigenvalue weighted by Gasteiger charge is 2.79. The summed E-state index contributed by atoms with van der Waals surface area (Å²) in [6, 6.07) is 9.00. The lowest BCUT2D eigenvalue weighted by atomic mass is 9.47.